The van der Waals surface area contributed by atoms with E-state index >= 15 is 0 Å². The van der Waals surface area contributed by atoms with Crippen LogP contribution in [0.3, 0.4) is 0 Å². The summed E-state index contributed by atoms with van der Waals surface area (Å²) in [5, 5.41) is 0. The molecule has 0 fully saturated rings. The summed E-state index contributed by atoms with van der Waals surface area (Å²) in [6.07, 6.45) is 0. The van der Waals surface area contributed by atoms with Gasteiger partial charge in [0.2, 0.25) is 11.4 Å². The molecule has 1 rings (SSSR count). The second-order valence-electron chi connectivity index (χ2n) is 2.38. The van der Waals surface area contributed by atoms with Gasteiger partial charge in [-0.15, -0.1) is 0 Å². The highest BCUT2D eigenvalue weighted by molar-refractivity contribution is 5.84. The molecule has 0 radical (unpaired) electrons. The maximum absolute atomic E-state index is 13.2. The summed E-state index contributed by atoms with van der Waals surface area (Å²) < 4.78 is 26.3. The van der Waals surface area contributed by atoms with Crippen molar-refractivity contribution in [3.8, 4) is 0 Å². The molecule has 70 valence electrons. The van der Waals surface area contributed by atoms with Crippen LogP contribution in [0.1, 0.15) is 0 Å². The third kappa shape index (κ3) is 1.10. The van der Waals surface area contributed by atoms with Crippen LogP contribution >= 0.6 is 0 Å². The molecule has 0 unspecified atom stereocenters. The molecular formula is C8H4F2N4. The molecule has 0 spiro atoms. The van der Waals surface area contributed by atoms with Gasteiger partial charge in [-0.25, -0.2) is 18.5 Å². The summed E-state index contributed by atoms with van der Waals surface area (Å²) in [6, 6.07) is 0. The van der Waals surface area contributed by atoms with Gasteiger partial charge in [0.15, 0.2) is 0 Å². The molecule has 4 N–H and O–H groups in total. The van der Waals surface area contributed by atoms with Crippen molar-refractivity contribution in [2.24, 2.45) is 0 Å². The van der Waals surface area contributed by atoms with Crippen LogP contribution in [-0.2, 0) is 0 Å². The molecule has 0 bridgehead atoms. The van der Waals surface area contributed by atoms with Crippen molar-refractivity contribution in [1.82, 2.24) is 0 Å². The molecular weight excluding hydrogens is 190 g/mol. The van der Waals surface area contributed by atoms with E-state index in [1.54, 1.807) is 0 Å². The summed E-state index contributed by atoms with van der Waals surface area (Å²) in [7, 11) is 0. The number of nitrogen functional groups attached to an aromatic ring is 2. The van der Waals surface area contributed by atoms with E-state index in [1.807, 2.05) is 0 Å². The van der Waals surface area contributed by atoms with Crippen LogP contribution in [0.4, 0.5) is 31.5 Å². The van der Waals surface area contributed by atoms with Crippen LogP contribution in [0.15, 0.2) is 0 Å². The van der Waals surface area contributed by atoms with Gasteiger partial charge in [-0.3, -0.25) is 0 Å². The van der Waals surface area contributed by atoms with Gasteiger partial charge in [-0.1, -0.05) is 0 Å². The van der Waals surface area contributed by atoms with Gasteiger partial charge in [0.25, 0.3) is 0 Å². The Hall–Kier alpha value is -2.34. The summed E-state index contributed by atoms with van der Waals surface area (Å²) in [6.45, 7) is 13.1. The second kappa shape index (κ2) is 3.19. The van der Waals surface area contributed by atoms with E-state index in [9.17, 15) is 8.78 Å². The third-order valence-electron chi connectivity index (χ3n) is 1.63. The Morgan fingerprint density at radius 1 is 0.857 bits per heavy atom. The van der Waals surface area contributed by atoms with Crippen LogP contribution < -0.4 is 11.5 Å². The van der Waals surface area contributed by atoms with Crippen molar-refractivity contribution in [3.05, 3.63) is 34.5 Å². The predicted octanol–water partition coefficient (Wildman–Crippen LogP) is 2.23. The van der Waals surface area contributed by atoms with E-state index in [2.05, 4.69) is 9.69 Å². The van der Waals surface area contributed by atoms with E-state index in [0.717, 1.165) is 0 Å². The Bertz CT molecular complexity index is 437. The van der Waals surface area contributed by atoms with Crippen molar-refractivity contribution in [2.75, 3.05) is 11.5 Å². The van der Waals surface area contributed by atoms with Crippen LogP contribution in [0.2, 0.25) is 0 Å². The third-order valence-corrected chi connectivity index (χ3v) is 1.63. The summed E-state index contributed by atoms with van der Waals surface area (Å²) in [4.78, 5) is 5.38. The molecule has 1 aromatic carbocycles. The van der Waals surface area contributed by atoms with E-state index < -0.39 is 34.4 Å². The normalized spacial score (nSPS) is 9.14. The minimum atomic E-state index is -1.15. The molecule has 0 saturated heterocycles. The van der Waals surface area contributed by atoms with Gasteiger partial charge in [0, 0.05) is 0 Å². The zero-order valence-electron chi connectivity index (χ0n) is 6.81. The lowest BCUT2D eigenvalue weighted by molar-refractivity contribution is 0.617. The molecule has 0 atom stereocenters. The first-order valence-electron chi connectivity index (χ1n) is 3.35. The maximum atomic E-state index is 13.2. The number of nitrogens with zero attached hydrogens (tertiary/aromatic N) is 2. The van der Waals surface area contributed by atoms with Crippen LogP contribution in [0.25, 0.3) is 9.69 Å². The van der Waals surface area contributed by atoms with Crippen molar-refractivity contribution >= 4 is 22.7 Å². The number of hydrogen-bond acceptors (Lipinski definition) is 2. The number of nitrogens with two attached hydrogens (primary N) is 2. The van der Waals surface area contributed by atoms with Gasteiger partial charge in [0.1, 0.15) is 11.6 Å². The number of rotatable bonds is 0. The van der Waals surface area contributed by atoms with Crippen LogP contribution in [0, 0.1) is 24.8 Å². The summed E-state index contributed by atoms with van der Waals surface area (Å²) >= 11 is 0. The highest BCUT2D eigenvalue weighted by Crippen LogP contribution is 2.41. The molecule has 0 aliphatic heterocycles. The average molecular weight is 194 g/mol. The largest absolute Gasteiger partial charge is 0.396 e. The average Bonchev–Trinajstić information content (AvgIpc) is 2.20. The molecule has 0 heterocycles. The molecule has 0 amide bonds. The first-order chi connectivity index (χ1) is 6.54. The zero-order valence-corrected chi connectivity index (χ0v) is 6.81. The smallest absolute Gasteiger partial charge is 0.234 e. The lowest BCUT2D eigenvalue weighted by atomic mass is 10.2. The van der Waals surface area contributed by atoms with Gasteiger partial charge in [0.05, 0.1) is 24.5 Å². The van der Waals surface area contributed by atoms with Crippen molar-refractivity contribution in [2.45, 2.75) is 0 Å². The number of halogens is 2. The fourth-order valence-electron chi connectivity index (χ4n) is 0.904. The Kier molecular flexibility index (Phi) is 2.22. The van der Waals surface area contributed by atoms with Gasteiger partial charge in [-0.05, 0) is 0 Å². The molecule has 0 aromatic heterocycles. The SMILES string of the molecule is [C-]#[N+]c1c(F)c(N)c(N)c(F)c1[N+]#[C-]. The molecule has 0 aliphatic carbocycles. The minimum absolute atomic E-state index is 0.638. The van der Waals surface area contributed by atoms with Crippen molar-refractivity contribution in [1.29, 1.82) is 0 Å². The predicted molar refractivity (Wildman–Crippen MR) is 47.7 cm³/mol. The molecule has 6 heteroatoms. The Morgan fingerprint density at radius 2 is 1.14 bits per heavy atom. The Labute approximate surface area is 78.4 Å². The standard InChI is InChI=1S/C8H4F2N4/c1-13-7-3(9)5(11)6(12)4(10)8(7)14-2/h11-12H2. The summed E-state index contributed by atoms with van der Waals surface area (Å²) in [5.74, 6) is -2.30. The molecule has 14 heavy (non-hydrogen) atoms. The Morgan fingerprint density at radius 3 is 1.36 bits per heavy atom. The highest BCUT2D eigenvalue weighted by Gasteiger charge is 2.21. The first-order valence-corrected chi connectivity index (χ1v) is 3.35. The van der Waals surface area contributed by atoms with E-state index in [0.29, 0.717) is 0 Å². The van der Waals surface area contributed by atoms with Gasteiger partial charge in [-0.2, -0.15) is 0 Å². The first kappa shape index (κ1) is 9.75. The van der Waals surface area contributed by atoms with Crippen molar-refractivity contribution in [3.63, 3.8) is 0 Å². The maximum Gasteiger partial charge on any atom is 0.234 e. The lowest BCUT2D eigenvalue weighted by Gasteiger charge is -2.06. The molecule has 1 aromatic rings. The Balaban J connectivity index is 3.79. The van der Waals surface area contributed by atoms with Gasteiger partial charge >= 0.3 is 0 Å². The molecule has 0 saturated carbocycles. The van der Waals surface area contributed by atoms with Crippen LogP contribution in [0.5, 0.6) is 0 Å². The molecule has 4 nitrogen and oxygen atoms in total. The fourth-order valence-corrected chi connectivity index (χ4v) is 0.904. The highest BCUT2D eigenvalue weighted by atomic mass is 19.1. The van der Waals surface area contributed by atoms with E-state index in [4.69, 9.17) is 24.6 Å². The van der Waals surface area contributed by atoms with E-state index in [1.165, 1.54) is 0 Å². The summed E-state index contributed by atoms with van der Waals surface area (Å²) in [5.41, 5.74) is 7.45. The lowest BCUT2D eigenvalue weighted by Crippen LogP contribution is -2.01. The minimum Gasteiger partial charge on any atom is -0.396 e. The monoisotopic (exact) mass is 194 g/mol. The second-order valence-corrected chi connectivity index (χ2v) is 2.38. The number of hydrogen-bond donors (Lipinski definition) is 2. The van der Waals surface area contributed by atoms with Crippen LogP contribution in [-0.4, -0.2) is 0 Å². The van der Waals surface area contributed by atoms with Crippen molar-refractivity contribution < 1.29 is 8.78 Å². The van der Waals surface area contributed by atoms with E-state index in [-0.39, 0.29) is 0 Å². The molecule has 0 aliphatic rings. The van der Waals surface area contributed by atoms with Gasteiger partial charge < -0.3 is 11.5 Å². The number of benzene rings is 1. The zero-order chi connectivity index (χ0) is 10.9. The quantitative estimate of drug-likeness (QED) is 0.491. The number of anilines is 2. The fraction of sp³-hybridized carbons (Fsp3) is 0. The topological polar surface area (TPSA) is 60.8 Å².